The van der Waals surface area contributed by atoms with Crippen LogP contribution in [0.2, 0.25) is 0 Å². The van der Waals surface area contributed by atoms with Crippen LogP contribution in [0, 0.1) is 6.92 Å². The van der Waals surface area contributed by atoms with Crippen molar-refractivity contribution in [1.82, 2.24) is 14.5 Å². The number of nitrogens with zero attached hydrogens (tertiary/aromatic N) is 3. The lowest BCUT2D eigenvalue weighted by molar-refractivity contribution is -0.116. The Labute approximate surface area is 136 Å². The molecule has 6 heteroatoms. The second-order valence-electron chi connectivity index (χ2n) is 6.32. The number of rotatable bonds is 6. The Morgan fingerprint density at radius 3 is 2.87 bits per heavy atom. The first-order valence-corrected chi connectivity index (χ1v) is 8.26. The largest absolute Gasteiger partial charge is 0.382 e. The first kappa shape index (κ1) is 15.9. The number of methoxy groups -OCH3 is 1. The van der Waals surface area contributed by atoms with Gasteiger partial charge in [0.05, 0.1) is 6.10 Å². The monoisotopic (exact) mass is 316 g/mol. The van der Waals surface area contributed by atoms with Crippen molar-refractivity contribution >= 4 is 23.0 Å². The fraction of sp³-hybridized carbons (Fsp3) is 0.588. The van der Waals surface area contributed by atoms with Crippen LogP contribution in [-0.4, -0.2) is 33.7 Å². The van der Waals surface area contributed by atoms with Gasteiger partial charge in [0.2, 0.25) is 11.9 Å². The quantitative estimate of drug-likeness (QED) is 0.888. The Morgan fingerprint density at radius 1 is 1.43 bits per heavy atom. The molecule has 6 nitrogen and oxygen atoms in total. The molecule has 0 saturated heterocycles. The highest BCUT2D eigenvalue weighted by Crippen LogP contribution is 2.36. The van der Waals surface area contributed by atoms with Gasteiger partial charge in [-0.25, -0.2) is 9.97 Å². The molecule has 124 valence electrons. The van der Waals surface area contributed by atoms with Crippen LogP contribution >= 0.6 is 0 Å². The van der Waals surface area contributed by atoms with Crippen LogP contribution < -0.4 is 5.32 Å². The van der Waals surface area contributed by atoms with E-state index in [9.17, 15) is 4.79 Å². The van der Waals surface area contributed by atoms with Crippen LogP contribution in [0.4, 0.5) is 5.95 Å². The summed E-state index contributed by atoms with van der Waals surface area (Å²) in [5.41, 5.74) is 2.67. The summed E-state index contributed by atoms with van der Waals surface area (Å²) in [6.07, 6.45) is 4.65. The third-order valence-corrected chi connectivity index (χ3v) is 4.55. The second kappa shape index (κ2) is 6.66. The molecular weight excluding hydrogens is 292 g/mol. The third kappa shape index (κ3) is 3.37. The molecule has 2 aromatic rings. The maximum Gasteiger partial charge on any atom is 0.226 e. The van der Waals surface area contributed by atoms with Crippen LogP contribution in [-0.2, 0) is 9.53 Å². The normalized spacial score (nSPS) is 16.3. The minimum atomic E-state index is -0.0264. The minimum Gasteiger partial charge on any atom is -0.382 e. The molecule has 1 aliphatic carbocycles. The van der Waals surface area contributed by atoms with Gasteiger partial charge >= 0.3 is 0 Å². The van der Waals surface area contributed by atoms with Gasteiger partial charge in [-0.3, -0.25) is 14.7 Å². The van der Waals surface area contributed by atoms with E-state index in [1.54, 1.807) is 7.11 Å². The standard InChI is InChI=1S/C17H24N4O2/c1-11-7-9-14-16(18-11)21(13-5-4-6-13)17(19-14)20-15(22)10-8-12(2)23-3/h7,9,12-13H,4-6,8,10H2,1-3H3,(H,19,20,22). The summed E-state index contributed by atoms with van der Waals surface area (Å²) in [7, 11) is 1.66. The average Bonchev–Trinajstić information content (AvgIpc) is 2.81. The summed E-state index contributed by atoms with van der Waals surface area (Å²) < 4.78 is 7.29. The van der Waals surface area contributed by atoms with Crippen molar-refractivity contribution in [1.29, 1.82) is 0 Å². The predicted molar refractivity (Wildman–Crippen MR) is 89.5 cm³/mol. The van der Waals surface area contributed by atoms with Gasteiger partial charge in [-0.1, -0.05) is 0 Å². The third-order valence-electron chi connectivity index (χ3n) is 4.55. The number of imidazole rings is 1. The molecule has 0 radical (unpaired) electrons. The van der Waals surface area contributed by atoms with Crippen molar-refractivity contribution in [2.45, 2.75) is 58.1 Å². The molecular formula is C17H24N4O2. The number of aryl methyl sites for hydroxylation is 1. The topological polar surface area (TPSA) is 69.0 Å². The van der Waals surface area contributed by atoms with Crippen molar-refractivity contribution in [3.63, 3.8) is 0 Å². The van der Waals surface area contributed by atoms with Crippen LogP contribution in [0.15, 0.2) is 12.1 Å². The van der Waals surface area contributed by atoms with E-state index in [-0.39, 0.29) is 12.0 Å². The zero-order valence-electron chi connectivity index (χ0n) is 14.0. The lowest BCUT2D eigenvalue weighted by Crippen LogP contribution is -2.23. The number of amides is 1. The summed E-state index contributed by atoms with van der Waals surface area (Å²) in [4.78, 5) is 21.4. The number of aromatic nitrogens is 3. The minimum absolute atomic E-state index is 0.0264. The van der Waals surface area contributed by atoms with Gasteiger partial charge in [0.1, 0.15) is 5.52 Å². The highest BCUT2D eigenvalue weighted by Gasteiger charge is 2.26. The Hall–Kier alpha value is -1.95. The molecule has 0 spiro atoms. The summed E-state index contributed by atoms with van der Waals surface area (Å²) in [5, 5.41) is 2.97. The van der Waals surface area contributed by atoms with Crippen molar-refractivity contribution in [3.05, 3.63) is 17.8 Å². The van der Waals surface area contributed by atoms with Crippen LogP contribution in [0.25, 0.3) is 11.2 Å². The molecule has 23 heavy (non-hydrogen) atoms. The molecule has 1 amide bonds. The van der Waals surface area contributed by atoms with E-state index in [1.807, 2.05) is 26.0 Å². The Morgan fingerprint density at radius 2 is 2.22 bits per heavy atom. The molecule has 3 rings (SSSR count). The molecule has 1 fully saturated rings. The Bertz CT molecular complexity index is 706. The van der Waals surface area contributed by atoms with E-state index in [1.165, 1.54) is 6.42 Å². The molecule has 0 aliphatic heterocycles. The molecule has 1 atom stereocenters. The first-order valence-electron chi connectivity index (χ1n) is 8.26. The van der Waals surface area contributed by atoms with Crippen LogP contribution in [0.3, 0.4) is 0 Å². The SMILES string of the molecule is COC(C)CCC(=O)Nc1nc2ccc(C)nc2n1C1CCC1. The van der Waals surface area contributed by atoms with Crippen molar-refractivity contribution in [2.75, 3.05) is 12.4 Å². The second-order valence-corrected chi connectivity index (χ2v) is 6.32. The number of anilines is 1. The summed E-state index contributed by atoms with van der Waals surface area (Å²) in [6, 6.07) is 4.31. The van der Waals surface area contributed by atoms with Crippen LogP contribution in [0.5, 0.6) is 0 Å². The molecule has 1 aliphatic rings. The first-order chi connectivity index (χ1) is 11.1. The van der Waals surface area contributed by atoms with Gasteiger partial charge in [-0.05, 0) is 51.7 Å². The van der Waals surface area contributed by atoms with Gasteiger partial charge in [-0.15, -0.1) is 0 Å². The predicted octanol–water partition coefficient (Wildman–Crippen LogP) is 3.22. The van der Waals surface area contributed by atoms with E-state index >= 15 is 0 Å². The zero-order valence-corrected chi connectivity index (χ0v) is 14.0. The average molecular weight is 316 g/mol. The van der Waals surface area contributed by atoms with Crippen molar-refractivity contribution < 1.29 is 9.53 Å². The van der Waals surface area contributed by atoms with Crippen molar-refractivity contribution in [3.8, 4) is 0 Å². The Kier molecular flexibility index (Phi) is 4.61. The highest BCUT2D eigenvalue weighted by molar-refractivity contribution is 5.91. The number of hydrogen-bond acceptors (Lipinski definition) is 4. The number of ether oxygens (including phenoxy) is 1. The number of fused-ring (bicyclic) bond motifs is 1. The maximum absolute atomic E-state index is 12.2. The molecule has 1 saturated carbocycles. The summed E-state index contributed by atoms with van der Waals surface area (Å²) in [5.74, 6) is 0.597. The van der Waals surface area contributed by atoms with Gasteiger partial charge in [0, 0.05) is 25.3 Å². The van der Waals surface area contributed by atoms with E-state index in [2.05, 4.69) is 19.9 Å². The van der Waals surface area contributed by atoms with Gasteiger partial charge in [0.15, 0.2) is 5.65 Å². The van der Waals surface area contributed by atoms with E-state index in [4.69, 9.17) is 4.74 Å². The fourth-order valence-corrected chi connectivity index (χ4v) is 2.79. The fourth-order valence-electron chi connectivity index (χ4n) is 2.79. The van der Waals surface area contributed by atoms with E-state index in [0.29, 0.717) is 24.8 Å². The molecule has 2 aromatic heterocycles. The maximum atomic E-state index is 12.2. The smallest absolute Gasteiger partial charge is 0.226 e. The van der Waals surface area contributed by atoms with E-state index < -0.39 is 0 Å². The molecule has 0 bridgehead atoms. The number of hydrogen-bond donors (Lipinski definition) is 1. The highest BCUT2D eigenvalue weighted by atomic mass is 16.5. The molecule has 2 heterocycles. The summed E-state index contributed by atoms with van der Waals surface area (Å²) in [6.45, 7) is 3.94. The summed E-state index contributed by atoms with van der Waals surface area (Å²) >= 11 is 0. The van der Waals surface area contributed by atoms with Gasteiger partial charge < -0.3 is 4.74 Å². The van der Waals surface area contributed by atoms with Gasteiger partial charge in [-0.2, -0.15) is 0 Å². The lowest BCUT2D eigenvalue weighted by Gasteiger charge is -2.28. The number of carbonyl (C=O) groups is 1. The zero-order chi connectivity index (χ0) is 16.4. The van der Waals surface area contributed by atoms with E-state index in [0.717, 1.165) is 29.7 Å². The Balaban J connectivity index is 1.83. The van der Waals surface area contributed by atoms with Crippen LogP contribution in [0.1, 0.15) is 50.8 Å². The van der Waals surface area contributed by atoms with Gasteiger partial charge in [0.25, 0.3) is 0 Å². The molecule has 1 N–H and O–H groups in total. The molecule has 0 aromatic carbocycles. The van der Waals surface area contributed by atoms with Crippen molar-refractivity contribution in [2.24, 2.45) is 0 Å². The number of nitrogens with one attached hydrogen (secondary N) is 1. The lowest BCUT2D eigenvalue weighted by atomic mass is 9.93. The number of pyridine rings is 1. The molecule has 1 unspecified atom stereocenters. The number of carbonyl (C=O) groups excluding carboxylic acids is 1.